The van der Waals surface area contributed by atoms with E-state index in [-0.39, 0.29) is 5.91 Å². The molecule has 1 aromatic heterocycles. The molecule has 1 aromatic carbocycles. The van der Waals surface area contributed by atoms with Crippen molar-refractivity contribution in [2.75, 3.05) is 11.2 Å². The van der Waals surface area contributed by atoms with Gasteiger partial charge in [-0.3, -0.25) is 15.6 Å². The Labute approximate surface area is 191 Å². The molecule has 0 saturated carbocycles. The molecular weight excluding hydrogens is 430 g/mol. The minimum absolute atomic E-state index is 0.106. The molecule has 0 fully saturated rings. The van der Waals surface area contributed by atoms with Crippen LogP contribution in [0.25, 0.3) is 5.57 Å². The van der Waals surface area contributed by atoms with Crippen LogP contribution < -0.4 is 16.2 Å². The number of rotatable bonds is 7. The number of carbonyl (C=O) groups excluding carboxylic acids is 1. The molecule has 0 saturated heterocycles. The molecule has 31 heavy (non-hydrogen) atoms. The average Bonchev–Trinajstić information content (AvgIpc) is 2.78. The molecule has 0 atom stereocenters. The van der Waals surface area contributed by atoms with Gasteiger partial charge in [-0.1, -0.05) is 37.3 Å². The molecule has 0 unspecified atom stereocenters. The second kappa shape index (κ2) is 10.8. The van der Waals surface area contributed by atoms with E-state index in [9.17, 15) is 4.79 Å². The van der Waals surface area contributed by atoms with Gasteiger partial charge in [0.2, 0.25) is 5.91 Å². The molecule has 3 N–H and O–H groups in total. The van der Waals surface area contributed by atoms with E-state index in [1.807, 2.05) is 49.4 Å². The summed E-state index contributed by atoms with van der Waals surface area (Å²) in [5.41, 5.74) is 9.15. The lowest BCUT2D eigenvalue weighted by atomic mass is 10.1. The van der Waals surface area contributed by atoms with Crippen LogP contribution in [0.4, 0.5) is 11.5 Å². The van der Waals surface area contributed by atoms with E-state index in [2.05, 4.69) is 32.7 Å². The number of halogens is 1. The topological polar surface area (TPSA) is 78.4 Å². The van der Waals surface area contributed by atoms with E-state index >= 15 is 0 Å². The molecule has 0 aliphatic carbocycles. The minimum Gasteiger partial charge on any atom is -0.347 e. The predicted molar refractivity (Wildman–Crippen MR) is 131 cm³/mol. The van der Waals surface area contributed by atoms with Crippen LogP contribution in [-0.4, -0.2) is 22.5 Å². The number of anilines is 1. The van der Waals surface area contributed by atoms with Crippen LogP contribution in [0, 0.1) is 0 Å². The first kappa shape index (κ1) is 22.7. The normalized spacial score (nSPS) is 13.7. The van der Waals surface area contributed by atoms with Crippen LogP contribution in [-0.2, 0) is 4.79 Å². The number of amidine groups is 1. The molecule has 0 bridgehead atoms. The van der Waals surface area contributed by atoms with Gasteiger partial charge in [0, 0.05) is 28.2 Å². The van der Waals surface area contributed by atoms with E-state index in [0.717, 1.165) is 44.0 Å². The summed E-state index contributed by atoms with van der Waals surface area (Å²) in [4.78, 5) is 21.4. The number of aliphatic imine (C=N–C) groups is 1. The third kappa shape index (κ3) is 6.47. The lowest BCUT2D eigenvalue weighted by Gasteiger charge is -2.16. The van der Waals surface area contributed by atoms with Crippen molar-refractivity contribution in [2.45, 2.75) is 25.2 Å². The van der Waals surface area contributed by atoms with Crippen LogP contribution in [0.2, 0.25) is 5.02 Å². The second-order valence-corrected chi connectivity index (χ2v) is 8.17. The van der Waals surface area contributed by atoms with Crippen molar-refractivity contribution in [3.63, 3.8) is 0 Å². The highest BCUT2D eigenvalue weighted by Gasteiger charge is 2.13. The summed E-state index contributed by atoms with van der Waals surface area (Å²) in [7, 11) is 0. The van der Waals surface area contributed by atoms with Crippen LogP contribution in [0.15, 0.2) is 76.9 Å². The number of benzene rings is 1. The average molecular weight is 454 g/mol. The van der Waals surface area contributed by atoms with Crippen LogP contribution in [0.3, 0.4) is 0 Å². The maximum atomic E-state index is 11.4. The number of hydrogen-bond acceptors (Lipinski definition) is 6. The van der Waals surface area contributed by atoms with E-state index < -0.39 is 0 Å². The van der Waals surface area contributed by atoms with Gasteiger partial charge in [-0.05, 0) is 54.5 Å². The quantitative estimate of drug-likeness (QED) is 0.381. The Bertz CT molecular complexity index is 1080. The van der Waals surface area contributed by atoms with Crippen molar-refractivity contribution in [1.82, 2.24) is 15.7 Å². The highest BCUT2D eigenvalue weighted by Crippen LogP contribution is 2.35. The largest absolute Gasteiger partial charge is 0.347 e. The van der Waals surface area contributed by atoms with Crippen molar-refractivity contribution in [3.05, 3.63) is 77.6 Å². The van der Waals surface area contributed by atoms with E-state index in [4.69, 9.17) is 11.6 Å². The zero-order valence-corrected chi connectivity index (χ0v) is 19.0. The Morgan fingerprint density at radius 1 is 1.29 bits per heavy atom. The summed E-state index contributed by atoms with van der Waals surface area (Å²) < 4.78 is 0. The number of nitrogens with one attached hydrogen (secondary N) is 3. The second-order valence-electron chi connectivity index (χ2n) is 6.72. The van der Waals surface area contributed by atoms with Crippen molar-refractivity contribution in [2.24, 2.45) is 4.99 Å². The number of pyridine rings is 1. The fourth-order valence-corrected chi connectivity index (χ4v) is 3.89. The molecule has 2 aromatic rings. The number of hydrazine groups is 1. The summed E-state index contributed by atoms with van der Waals surface area (Å²) in [6.07, 6.45) is 7.81. The van der Waals surface area contributed by atoms with Crippen molar-refractivity contribution in [3.8, 4) is 0 Å². The van der Waals surface area contributed by atoms with Crippen molar-refractivity contribution < 1.29 is 4.79 Å². The number of thioether (sulfide) groups is 1. The Kier molecular flexibility index (Phi) is 7.92. The maximum Gasteiger partial charge on any atom is 0.238 e. The van der Waals surface area contributed by atoms with E-state index in [1.165, 1.54) is 0 Å². The number of carbonyl (C=O) groups is 1. The molecule has 1 aliphatic rings. The number of allylic oxidation sites excluding steroid dienone is 5. The van der Waals surface area contributed by atoms with Crippen molar-refractivity contribution >= 4 is 52.2 Å². The SMILES string of the molecule is C=C/C(=C\C=C(/C)NC1=Nc2ccc(Cl)cc2SC1)c1ccnc(NNC(=O)CC)c1. The lowest BCUT2D eigenvalue weighted by Crippen LogP contribution is -2.28. The number of amides is 1. The number of aromatic nitrogens is 1. The molecular formula is C23H24ClN5OS. The lowest BCUT2D eigenvalue weighted by molar-refractivity contribution is -0.120. The maximum absolute atomic E-state index is 11.4. The molecule has 6 nitrogen and oxygen atoms in total. The van der Waals surface area contributed by atoms with Crippen LogP contribution in [0.5, 0.6) is 0 Å². The number of fused-ring (bicyclic) bond motifs is 1. The van der Waals surface area contributed by atoms with Gasteiger partial charge in [0.25, 0.3) is 0 Å². The molecule has 0 radical (unpaired) electrons. The van der Waals surface area contributed by atoms with Crippen LogP contribution >= 0.6 is 23.4 Å². The molecule has 160 valence electrons. The molecule has 8 heteroatoms. The van der Waals surface area contributed by atoms with Gasteiger partial charge in [-0.2, -0.15) is 0 Å². The van der Waals surface area contributed by atoms with Gasteiger partial charge in [-0.25, -0.2) is 9.98 Å². The Hall–Kier alpha value is -3.03. The van der Waals surface area contributed by atoms with Gasteiger partial charge < -0.3 is 5.32 Å². The van der Waals surface area contributed by atoms with E-state index in [1.54, 1.807) is 31.0 Å². The van der Waals surface area contributed by atoms with Gasteiger partial charge in [0.15, 0.2) is 0 Å². The fourth-order valence-electron chi connectivity index (χ4n) is 2.75. The Morgan fingerprint density at radius 3 is 2.90 bits per heavy atom. The predicted octanol–water partition coefficient (Wildman–Crippen LogP) is 5.49. The Morgan fingerprint density at radius 2 is 2.13 bits per heavy atom. The molecule has 3 rings (SSSR count). The van der Waals surface area contributed by atoms with Gasteiger partial charge in [-0.15, -0.1) is 11.8 Å². The highest BCUT2D eigenvalue weighted by atomic mass is 35.5. The molecule has 1 aliphatic heterocycles. The third-order valence-corrected chi connectivity index (χ3v) is 5.65. The zero-order chi connectivity index (χ0) is 22.2. The van der Waals surface area contributed by atoms with Crippen molar-refractivity contribution in [1.29, 1.82) is 0 Å². The first-order valence-corrected chi connectivity index (χ1v) is 11.1. The standard InChI is InChI=1S/C23H24ClN5OS/c1-4-16(17-10-11-25-21(12-17)28-29-23(30)5-2)7-6-15(3)26-22-14-31-20-13-18(24)8-9-19(20)27-22/h4,6-13H,1,5,14H2,2-3H3,(H,25,28)(H,26,27)(H,29,30)/b15-6+,16-7+. The summed E-state index contributed by atoms with van der Waals surface area (Å²) in [6.45, 7) is 7.69. The Balaban J connectivity index is 1.70. The molecule has 0 spiro atoms. The monoisotopic (exact) mass is 453 g/mol. The first-order valence-electron chi connectivity index (χ1n) is 9.77. The summed E-state index contributed by atoms with van der Waals surface area (Å²) in [5.74, 6) is 2.09. The van der Waals surface area contributed by atoms with E-state index in [0.29, 0.717) is 12.2 Å². The third-order valence-electron chi connectivity index (χ3n) is 4.36. The summed E-state index contributed by atoms with van der Waals surface area (Å²) in [5, 5.41) is 4.08. The van der Waals surface area contributed by atoms with Gasteiger partial charge in [0.05, 0.1) is 11.4 Å². The first-order chi connectivity index (χ1) is 15.0. The highest BCUT2D eigenvalue weighted by molar-refractivity contribution is 8.00. The fraction of sp³-hybridized carbons (Fsp3) is 0.174. The zero-order valence-electron chi connectivity index (χ0n) is 17.4. The number of nitrogens with zero attached hydrogens (tertiary/aromatic N) is 2. The molecule has 2 heterocycles. The molecule has 1 amide bonds. The summed E-state index contributed by atoms with van der Waals surface area (Å²) in [6, 6.07) is 9.46. The van der Waals surface area contributed by atoms with Gasteiger partial charge >= 0.3 is 0 Å². The minimum atomic E-state index is -0.106. The number of hydrogen-bond donors (Lipinski definition) is 3. The van der Waals surface area contributed by atoms with Crippen LogP contribution in [0.1, 0.15) is 25.8 Å². The summed E-state index contributed by atoms with van der Waals surface area (Å²) >= 11 is 7.76. The van der Waals surface area contributed by atoms with Gasteiger partial charge in [0.1, 0.15) is 11.7 Å². The smallest absolute Gasteiger partial charge is 0.238 e.